The Morgan fingerprint density at radius 3 is 3.00 bits per heavy atom. The van der Waals surface area contributed by atoms with Crippen molar-refractivity contribution in [1.82, 2.24) is 15.3 Å². The van der Waals surface area contributed by atoms with Crippen LogP contribution in [0.25, 0.3) is 11.0 Å². The summed E-state index contributed by atoms with van der Waals surface area (Å²) in [5.41, 5.74) is 2.91. The molecule has 0 saturated heterocycles. The number of aromatic nitrogens is 2. The maximum Gasteiger partial charge on any atom is 0.232 e. The molecule has 0 atom stereocenters. The zero-order chi connectivity index (χ0) is 10.7. The lowest BCUT2D eigenvalue weighted by Crippen LogP contribution is -2.06. The fourth-order valence-electron chi connectivity index (χ4n) is 1.51. The summed E-state index contributed by atoms with van der Waals surface area (Å²) < 4.78 is 5.06. The third-order valence-corrected chi connectivity index (χ3v) is 2.21. The molecule has 0 aliphatic carbocycles. The van der Waals surface area contributed by atoms with E-state index < -0.39 is 0 Å². The van der Waals surface area contributed by atoms with E-state index in [1.54, 1.807) is 13.3 Å². The van der Waals surface area contributed by atoms with E-state index in [2.05, 4.69) is 15.3 Å². The number of nitrogens with one attached hydrogen (secondary N) is 1. The summed E-state index contributed by atoms with van der Waals surface area (Å²) in [6, 6.07) is 5.96. The van der Waals surface area contributed by atoms with Crippen molar-refractivity contribution in [3.8, 4) is 5.88 Å². The third-order valence-electron chi connectivity index (χ3n) is 2.21. The highest BCUT2D eigenvalue weighted by Crippen LogP contribution is 2.17. The molecule has 1 N–H and O–H groups in total. The Labute approximate surface area is 88.3 Å². The van der Waals surface area contributed by atoms with E-state index in [1.807, 2.05) is 25.2 Å². The fourth-order valence-corrected chi connectivity index (χ4v) is 1.51. The van der Waals surface area contributed by atoms with Gasteiger partial charge in [0.1, 0.15) is 0 Å². The first-order chi connectivity index (χ1) is 7.35. The van der Waals surface area contributed by atoms with E-state index in [1.165, 1.54) is 0 Å². The monoisotopic (exact) mass is 203 g/mol. The van der Waals surface area contributed by atoms with Crippen molar-refractivity contribution in [1.29, 1.82) is 0 Å². The highest BCUT2D eigenvalue weighted by atomic mass is 16.5. The van der Waals surface area contributed by atoms with E-state index in [9.17, 15) is 0 Å². The SMILES string of the molecule is CNCc1cccc2ncc(OC)nc12. The summed E-state index contributed by atoms with van der Waals surface area (Å²) in [5, 5.41) is 3.11. The minimum atomic E-state index is 0.547. The quantitative estimate of drug-likeness (QED) is 0.818. The highest BCUT2D eigenvalue weighted by molar-refractivity contribution is 5.78. The van der Waals surface area contributed by atoms with Crippen LogP contribution >= 0.6 is 0 Å². The van der Waals surface area contributed by atoms with Crippen molar-refractivity contribution in [3.63, 3.8) is 0 Å². The van der Waals surface area contributed by atoms with Crippen LogP contribution in [0.15, 0.2) is 24.4 Å². The zero-order valence-electron chi connectivity index (χ0n) is 8.82. The van der Waals surface area contributed by atoms with Crippen LogP contribution in [-0.2, 0) is 6.54 Å². The van der Waals surface area contributed by atoms with Crippen molar-refractivity contribution in [2.45, 2.75) is 6.54 Å². The van der Waals surface area contributed by atoms with E-state index in [0.29, 0.717) is 5.88 Å². The number of nitrogens with zero attached hydrogens (tertiary/aromatic N) is 2. The predicted octanol–water partition coefficient (Wildman–Crippen LogP) is 1.36. The van der Waals surface area contributed by atoms with E-state index in [0.717, 1.165) is 23.1 Å². The molecule has 0 unspecified atom stereocenters. The second kappa shape index (κ2) is 4.23. The van der Waals surface area contributed by atoms with Crippen molar-refractivity contribution in [2.24, 2.45) is 0 Å². The van der Waals surface area contributed by atoms with Crippen LogP contribution in [0.3, 0.4) is 0 Å². The van der Waals surface area contributed by atoms with E-state index in [4.69, 9.17) is 4.74 Å². The Morgan fingerprint density at radius 2 is 2.27 bits per heavy atom. The van der Waals surface area contributed by atoms with Crippen LogP contribution in [0.2, 0.25) is 0 Å². The molecular weight excluding hydrogens is 190 g/mol. The molecule has 4 nitrogen and oxygen atoms in total. The fraction of sp³-hybridized carbons (Fsp3) is 0.273. The Kier molecular flexibility index (Phi) is 2.78. The van der Waals surface area contributed by atoms with Gasteiger partial charge < -0.3 is 10.1 Å². The number of hydrogen-bond acceptors (Lipinski definition) is 4. The molecule has 1 aromatic heterocycles. The number of fused-ring (bicyclic) bond motifs is 1. The van der Waals surface area contributed by atoms with Crippen molar-refractivity contribution < 1.29 is 4.74 Å². The Hall–Kier alpha value is -1.68. The molecule has 4 heteroatoms. The van der Waals surface area contributed by atoms with Crippen LogP contribution in [-0.4, -0.2) is 24.1 Å². The van der Waals surface area contributed by atoms with Gasteiger partial charge in [-0.3, -0.25) is 0 Å². The van der Waals surface area contributed by atoms with Gasteiger partial charge in [0.25, 0.3) is 0 Å². The molecular formula is C11H13N3O. The number of rotatable bonds is 3. The van der Waals surface area contributed by atoms with Crippen LogP contribution in [0.4, 0.5) is 0 Å². The van der Waals surface area contributed by atoms with Gasteiger partial charge in [0.2, 0.25) is 5.88 Å². The van der Waals surface area contributed by atoms with Crippen LogP contribution in [0, 0.1) is 0 Å². The first-order valence-corrected chi connectivity index (χ1v) is 4.78. The molecule has 2 aromatic rings. The topological polar surface area (TPSA) is 47.0 Å². The van der Waals surface area contributed by atoms with Crippen molar-refractivity contribution in [2.75, 3.05) is 14.2 Å². The molecule has 0 fully saturated rings. The molecule has 0 aliphatic rings. The predicted molar refractivity (Wildman–Crippen MR) is 58.9 cm³/mol. The minimum Gasteiger partial charge on any atom is -0.480 e. The van der Waals surface area contributed by atoms with E-state index in [-0.39, 0.29) is 0 Å². The zero-order valence-corrected chi connectivity index (χ0v) is 8.82. The molecule has 2 rings (SSSR count). The summed E-state index contributed by atoms with van der Waals surface area (Å²) in [6.45, 7) is 0.777. The Balaban J connectivity index is 2.59. The number of methoxy groups -OCH3 is 1. The second-order valence-corrected chi connectivity index (χ2v) is 3.23. The second-order valence-electron chi connectivity index (χ2n) is 3.23. The van der Waals surface area contributed by atoms with Gasteiger partial charge in [0, 0.05) is 6.54 Å². The van der Waals surface area contributed by atoms with Crippen LogP contribution in [0.5, 0.6) is 5.88 Å². The average Bonchev–Trinajstić information content (AvgIpc) is 2.29. The third kappa shape index (κ3) is 1.89. The van der Waals surface area contributed by atoms with Gasteiger partial charge in [-0.05, 0) is 18.7 Å². The van der Waals surface area contributed by atoms with Crippen LogP contribution < -0.4 is 10.1 Å². The first-order valence-electron chi connectivity index (χ1n) is 4.78. The van der Waals surface area contributed by atoms with Gasteiger partial charge in [-0.1, -0.05) is 12.1 Å². The number of benzene rings is 1. The maximum atomic E-state index is 5.06. The standard InChI is InChI=1S/C11H13N3O/c1-12-6-8-4-3-5-9-11(8)14-10(15-2)7-13-9/h3-5,7,12H,6H2,1-2H3. The first kappa shape index (κ1) is 9.86. The van der Waals surface area contributed by atoms with Gasteiger partial charge >= 0.3 is 0 Å². The molecule has 78 valence electrons. The van der Waals surface area contributed by atoms with Gasteiger partial charge in [0.15, 0.2) is 0 Å². The number of para-hydroxylation sites is 1. The highest BCUT2D eigenvalue weighted by Gasteiger charge is 2.04. The normalized spacial score (nSPS) is 10.5. The van der Waals surface area contributed by atoms with Crippen molar-refractivity contribution >= 4 is 11.0 Å². The summed E-state index contributed by atoms with van der Waals surface area (Å²) >= 11 is 0. The molecule has 1 aromatic carbocycles. The lowest BCUT2D eigenvalue weighted by atomic mass is 10.2. The van der Waals surface area contributed by atoms with Crippen LogP contribution in [0.1, 0.15) is 5.56 Å². The van der Waals surface area contributed by atoms with Gasteiger partial charge in [0.05, 0.1) is 24.3 Å². The smallest absolute Gasteiger partial charge is 0.232 e. The number of hydrogen-bond donors (Lipinski definition) is 1. The van der Waals surface area contributed by atoms with Crippen molar-refractivity contribution in [3.05, 3.63) is 30.0 Å². The molecule has 1 heterocycles. The summed E-state index contributed by atoms with van der Waals surface area (Å²) in [7, 11) is 3.50. The Morgan fingerprint density at radius 1 is 1.40 bits per heavy atom. The van der Waals surface area contributed by atoms with Gasteiger partial charge in [-0.2, -0.15) is 0 Å². The molecule has 15 heavy (non-hydrogen) atoms. The lowest BCUT2D eigenvalue weighted by Gasteiger charge is -2.05. The summed E-state index contributed by atoms with van der Waals surface area (Å²) in [5.74, 6) is 0.547. The summed E-state index contributed by atoms with van der Waals surface area (Å²) in [4.78, 5) is 8.67. The largest absolute Gasteiger partial charge is 0.480 e. The molecule has 0 bridgehead atoms. The molecule has 0 amide bonds. The maximum absolute atomic E-state index is 5.06. The lowest BCUT2D eigenvalue weighted by molar-refractivity contribution is 0.397. The number of ether oxygens (including phenoxy) is 1. The molecule has 0 spiro atoms. The van der Waals surface area contributed by atoms with E-state index >= 15 is 0 Å². The van der Waals surface area contributed by atoms with Gasteiger partial charge in [-0.15, -0.1) is 0 Å². The average molecular weight is 203 g/mol. The van der Waals surface area contributed by atoms with Gasteiger partial charge in [-0.25, -0.2) is 9.97 Å². The molecule has 0 radical (unpaired) electrons. The summed E-state index contributed by atoms with van der Waals surface area (Å²) in [6.07, 6.45) is 1.63. The molecule has 0 aliphatic heterocycles. The minimum absolute atomic E-state index is 0.547. The molecule has 0 saturated carbocycles. The Bertz CT molecular complexity index is 470.